The lowest BCUT2D eigenvalue weighted by Gasteiger charge is -2.32. The van der Waals surface area contributed by atoms with Crippen LogP contribution in [0.3, 0.4) is 0 Å². The summed E-state index contributed by atoms with van der Waals surface area (Å²) in [6.07, 6.45) is 0. The number of halogens is 1. The molecule has 2 amide bonds. The number of benzene rings is 3. The van der Waals surface area contributed by atoms with Gasteiger partial charge in [-0.15, -0.1) is 0 Å². The largest absolute Gasteiger partial charge is 0.497 e. The van der Waals surface area contributed by atoms with E-state index in [4.69, 9.17) is 16.3 Å². The number of carbonyl (C=O) groups is 2. The average molecular weight is 572 g/mol. The SMILES string of the molecule is COc1ccc(N(CC(=O)N(Cc2ccccc2Cl)[C@@H](C)C(=O)NCC(C)C)S(=O)(=O)c2ccccc2)cc1. The molecule has 208 valence electrons. The number of nitrogens with one attached hydrogen (secondary N) is 1. The van der Waals surface area contributed by atoms with Crippen LogP contribution in [0.4, 0.5) is 5.69 Å². The summed E-state index contributed by atoms with van der Waals surface area (Å²) in [4.78, 5) is 28.3. The molecule has 8 nitrogen and oxygen atoms in total. The van der Waals surface area contributed by atoms with Crippen LogP contribution in [0.15, 0.2) is 83.8 Å². The number of sulfonamides is 1. The Morgan fingerprint density at radius 2 is 1.54 bits per heavy atom. The molecule has 1 N–H and O–H groups in total. The predicted molar refractivity (Wildman–Crippen MR) is 153 cm³/mol. The molecular weight excluding hydrogens is 538 g/mol. The van der Waals surface area contributed by atoms with Crippen LogP contribution >= 0.6 is 11.6 Å². The Hall–Kier alpha value is -3.56. The summed E-state index contributed by atoms with van der Waals surface area (Å²) in [5.74, 6) is -0.142. The minimum absolute atomic E-state index is 0.0244. The van der Waals surface area contributed by atoms with Crippen molar-refractivity contribution in [3.8, 4) is 5.75 Å². The Morgan fingerprint density at radius 1 is 0.923 bits per heavy atom. The molecule has 0 spiro atoms. The standard InChI is InChI=1S/C29H34ClN3O5S/c1-21(2)18-31-29(35)22(3)32(19-23-10-8-9-13-27(23)30)28(34)20-33(24-14-16-25(38-4)17-15-24)39(36,37)26-11-6-5-7-12-26/h5-17,21-22H,18-20H2,1-4H3,(H,31,35)/t22-/m0/s1. The Bertz CT molecular complexity index is 1370. The number of amides is 2. The molecule has 0 fully saturated rings. The number of hydrogen-bond donors (Lipinski definition) is 1. The number of hydrogen-bond acceptors (Lipinski definition) is 5. The molecular formula is C29H34ClN3O5S. The summed E-state index contributed by atoms with van der Waals surface area (Å²) in [6.45, 7) is 5.50. The maximum Gasteiger partial charge on any atom is 0.264 e. The quantitative estimate of drug-likeness (QED) is 0.339. The van der Waals surface area contributed by atoms with Crippen molar-refractivity contribution in [3.05, 3.63) is 89.4 Å². The van der Waals surface area contributed by atoms with Gasteiger partial charge in [-0.05, 0) is 60.9 Å². The molecule has 0 aliphatic heterocycles. The van der Waals surface area contributed by atoms with E-state index in [1.165, 1.54) is 24.1 Å². The molecule has 0 bridgehead atoms. The molecule has 0 saturated heterocycles. The van der Waals surface area contributed by atoms with Crippen LogP contribution in [0, 0.1) is 5.92 Å². The van der Waals surface area contributed by atoms with E-state index >= 15 is 0 Å². The first-order valence-electron chi connectivity index (χ1n) is 12.6. The zero-order valence-corrected chi connectivity index (χ0v) is 24.1. The van der Waals surface area contributed by atoms with Crippen molar-refractivity contribution in [1.82, 2.24) is 10.2 Å². The van der Waals surface area contributed by atoms with Gasteiger partial charge < -0.3 is 15.0 Å². The van der Waals surface area contributed by atoms with Gasteiger partial charge in [-0.1, -0.05) is 61.8 Å². The molecule has 10 heteroatoms. The van der Waals surface area contributed by atoms with Crippen molar-refractivity contribution < 1.29 is 22.7 Å². The second-order valence-corrected chi connectivity index (χ2v) is 11.7. The third kappa shape index (κ3) is 7.74. The fraction of sp³-hybridized carbons (Fsp3) is 0.310. The molecule has 1 atom stereocenters. The topological polar surface area (TPSA) is 96.0 Å². The molecule has 0 radical (unpaired) electrons. The van der Waals surface area contributed by atoms with Gasteiger partial charge in [-0.25, -0.2) is 8.42 Å². The zero-order chi connectivity index (χ0) is 28.6. The number of ether oxygens (including phenoxy) is 1. The van der Waals surface area contributed by atoms with E-state index < -0.39 is 28.5 Å². The number of anilines is 1. The van der Waals surface area contributed by atoms with Crippen LogP contribution in [0.2, 0.25) is 5.02 Å². The van der Waals surface area contributed by atoms with Crippen molar-refractivity contribution in [2.45, 2.75) is 38.3 Å². The van der Waals surface area contributed by atoms with E-state index in [1.54, 1.807) is 73.7 Å². The lowest BCUT2D eigenvalue weighted by atomic mass is 10.1. The fourth-order valence-corrected chi connectivity index (χ4v) is 5.47. The van der Waals surface area contributed by atoms with Gasteiger partial charge in [0.05, 0.1) is 17.7 Å². The molecule has 3 rings (SSSR count). The highest BCUT2D eigenvalue weighted by atomic mass is 35.5. The van der Waals surface area contributed by atoms with Crippen molar-refractivity contribution in [3.63, 3.8) is 0 Å². The van der Waals surface area contributed by atoms with Crippen LogP contribution in [0.1, 0.15) is 26.3 Å². The number of rotatable bonds is 12. The number of carbonyl (C=O) groups excluding carboxylic acids is 2. The maximum atomic E-state index is 13.9. The second-order valence-electron chi connectivity index (χ2n) is 9.45. The first-order valence-corrected chi connectivity index (χ1v) is 14.4. The number of methoxy groups -OCH3 is 1. The van der Waals surface area contributed by atoms with E-state index in [2.05, 4.69) is 5.32 Å². The van der Waals surface area contributed by atoms with Crippen molar-refractivity contribution in [2.24, 2.45) is 5.92 Å². The molecule has 0 aliphatic rings. The first kappa shape index (κ1) is 30.0. The summed E-state index contributed by atoms with van der Waals surface area (Å²) in [7, 11) is -2.62. The highest BCUT2D eigenvalue weighted by molar-refractivity contribution is 7.92. The molecule has 3 aromatic carbocycles. The summed E-state index contributed by atoms with van der Waals surface area (Å²) in [5, 5.41) is 3.30. The highest BCUT2D eigenvalue weighted by Crippen LogP contribution is 2.27. The Balaban J connectivity index is 2.01. The minimum atomic E-state index is -4.13. The minimum Gasteiger partial charge on any atom is -0.497 e. The van der Waals surface area contributed by atoms with E-state index in [1.807, 2.05) is 13.8 Å². The highest BCUT2D eigenvalue weighted by Gasteiger charge is 2.32. The predicted octanol–water partition coefficient (Wildman–Crippen LogP) is 4.73. The van der Waals surface area contributed by atoms with Crippen LogP contribution in [0.25, 0.3) is 0 Å². The Morgan fingerprint density at radius 3 is 2.13 bits per heavy atom. The molecule has 0 unspecified atom stereocenters. The van der Waals surface area contributed by atoms with E-state index in [0.29, 0.717) is 22.9 Å². The molecule has 0 heterocycles. The van der Waals surface area contributed by atoms with Gasteiger partial charge in [0.15, 0.2) is 0 Å². The summed E-state index contributed by atoms with van der Waals surface area (Å²) in [5.41, 5.74) is 0.917. The Kier molecular flexibility index (Phi) is 10.4. The smallest absolute Gasteiger partial charge is 0.264 e. The average Bonchev–Trinajstić information content (AvgIpc) is 2.94. The summed E-state index contributed by atoms with van der Waals surface area (Å²) >= 11 is 6.39. The Labute approximate surface area is 235 Å². The number of nitrogens with zero attached hydrogens (tertiary/aromatic N) is 2. The van der Waals surface area contributed by atoms with Crippen molar-refractivity contribution in [1.29, 1.82) is 0 Å². The summed E-state index contributed by atoms with van der Waals surface area (Å²) < 4.78 is 33.8. The summed E-state index contributed by atoms with van der Waals surface area (Å²) in [6, 6.07) is 20.4. The van der Waals surface area contributed by atoms with Crippen LogP contribution in [-0.2, 0) is 26.2 Å². The second kappa shape index (κ2) is 13.5. The lowest BCUT2D eigenvalue weighted by Crippen LogP contribution is -2.51. The third-order valence-electron chi connectivity index (χ3n) is 6.12. The van der Waals surface area contributed by atoms with Crippen LogP contribution < -0.4 is 14.4 Å². The molecule has 0 aliphatic carbocycles. The van der Waals surface area contributed by atoms with Crippen LogP contribution in [0.5, 0.6) is 5.75 Å². The normalized spacial score (nSPS) is 12.1. The van der Waals surface area contributed by atoms with Gasteiger partial charge >= 0.3 is 0 Å². The third-order valence-corrected chi connectivity index (χ3v) is 8.28. The van der Waals surface area contributed by atoms with Crippen molar-refractivity contribution >= 4 is 39.1 Å². The maximum absolute atomic E-state index is 13.9. The van der Waals surface area contributed by atoms with Gasteiger partial charge in [0, 0.05) is 18.1 Å². The molecule has 0 saturated carbocycles. The first-order chi connectivity index (χ1) is 18.5. The fourth-order valence-electron chi connectivity index (χ4n) is 3.84. The van der Waals surface area contributed by atoms with Gasteiger partial charge in [0.25, 0.3) is 10.0 Å². The zero-order valence-electron chi connectivity index (χ0n) is 22.5. The van der Waals surface area contributed by atoms with Crippen LogP contribution in [-0.4, -0.2) is 51.4 Å². The van der Waals surface area contributed by atoms with Gasteiger partial charge in [-0.3, -0.25) is 13.9 Å². The lowest BCUT2D eigenvalue weighted by molar-refractivity contribution is -0.139. The molecule has 0 aromatic heterocycles. The molecule has 39 heavy (non-hydrogen) atoms. The van der Waals surface area contributed by atoms with Gasteiger partial charge in [0.2, 0.25) is 11.8 Å². The van der Waals surface area contributed by atoms with E-state index in [9.17, 15) is 18.0 Å². The van der Waals surface area contributed by atoms with E-state index in [-0.39, 0.29) is 29.0 Å². The van der Waals surface area contributed by atoms with Gasteiger partial charge in [-0.2, -0.15) is 0 Å². The molecule has 3 aromatic rings. The van der Waals surface area contributed by atoms with Crippen molar-refractivity contribution in [2.75, 3.05) is 24.5 Å². The monoisotopic (exact) mass is 571 g/mol. The van der Waals surface area contributed by atoms with E-state index in [0.717, 1.165) is 4.31 Å². The van der Waals surface area contributed by atoms with Gasteiger partial charge in [0.1, 0.15) is 18.3 Å².